The Bertz CT molecular complexity index is 356. The Morgan fingerprint density at radius 1 is 1.50 bits per heavy atom. The largest absolute Gasteiger partial charge is 0.405 e. The van der Waals surface area contributed by atoms with E-state index >= 15 is 0 Å². The molecule has 0 aliphatic rings. The molecule has 0 spiro atoms. The molecule has 4 nitrogen and oxygen atoms in total. The normalized spacial score (nSPS) is 11.8. The molecule has 0 amide bonds. The molecule has 8 heteroatoms. The van der Waals surface area contributed by atoms with Gasteiger partial charge in [-0.3, -0.25) is 0 Å². The van der Waals surface area contributed by atoms with Crippen molar-refractivity contribution in [3.8, 4) is 0 Å². The maximum Gasteiger partial charge on any atom is 0.405 e. The van der Waals surface area contributed by atoms with Crippen LogP contribution in [-0.4, -0.2) is 45.0 Å². The standard InChI is InChI=1S/C10H16F3N3OS/c1-16(7-10(11,12)13)9-15-8(6-18-9)5-14-3-4-17-2/h6,14H,3-5,7H2,1-2H3. The third kappa shape index (κ3) is 5.65. The van der Waals surface area contributed by atoms with Gasteiger partial charge in [-0.2, -0.15) is 13.2 Å². The predicted molar refractivity (Wildman–Crippen MR) is 65.0 cm³/mol. The van der Waals surface area contributed by atoms with Crippen LogP contribution in [0.25, 0.3) is 0 Å². The Hall–Kier alpha value is -0.860. The molecule has 0 saturated carbocycles. The maximum absolute atomic E-state index is 12.2. The number of ether oxygens (including phenoxy) is 1. The maximum atomic E-state index is 12.2. The van der Waals surface area contributed by atoms with Gasteiger partial charge in [0.25, 0.3) is 0 Å². The molecule has 0 bridgehead atoms. The van der Waals surface area contributed by atoms with Gasteiger partial charge in [0.05, 0.1) is 12.3 Å². The second-order valence-corrected chi connectivity index (χ2v) is 4.60. The molecule has 0 atom stereocenters. The molecule has 0 aliphatic heterocycles. The van der Waals surface area contributed by atoms with Crippen molar-refractivity contribution in [3.63, 3.8) is 0 Å². The SMILES string of the molecule is COCCNCc1csc(N(C)CC(F)(F)F)n1. The minimum atomic E-state index is -4.21. The molecule has 18 heavy (non-hydrogen) atoms. The second-order valence-electron chi connectivity index (χ2n) is 3.76. The van der Waals surface area contributed by atoms with E-state index in [0.29, 0.717) is 24.8 Å². The zero-order chi connectivity index (χ0) is 13.6. The number of alkyl halides is 3. The lowest BCUT2D eigenvalue weighted by atomic mass is 10.5. The van der Waals surface area contributed by atoms with Gasteiger partial charge in [-0.25, -0.2) is 4.98 Å². The fourth-order valence-electron chi connectivity index (χ4n) is 1.28. The van der Waals surface area contributed by atoms with E-state index in [1.807, 2.05) is 0 Å². The van der Waals surface area contributed by atoms with Crippen LogP contribution < -0.4 is 10.2 Å². The van der Waals surface area contributed by atoms with Crippen molar-refractivity contribution in [1.82, 2.24) is 10.3 Å². The lowest BCUT2D eigenvalue weighted by Gasteiger charge is -2.17. The Kier molecular flexibility index (Phi) is 5.83. The number of hydrogen-bond donors (Lipinski definition) is 1. The van der Waals surface area contributed by atoms with E-state index in [4.69, 9.17) is 4.74 Å². The Balaban J connectivity index is 2.42. The number of rotatable bonds is 7. The van der Waals surface area contributed by atoms with Crippen LogP contribution in [-0.2, 0) is 11.3 Å². The van der Waals surface area contributed by atoms with Crippen LogP contribution in [0.15, 0.2) is 5.38 Å². The molecular weight excluding hydrogens is 267 g/mol. The highest BCUT2D eigenvalue weighted by Crippen LogP contribution is 2.23. The van der Waals surface area contributed by atoms with E-state index in [0.717, 1.165) is 10.6 Å². The average molecular weight is 283 g/mol. The average Bonchev–Trinajstić information content (AvgIpc) is 2.71. The summed E-state index contributed by atoms with van der Waals surface area (Å²) in [6, 6.07) is 0. The van der Waals surface area contributed by atoms with Crippen LogP contribution in [0.1, 0.15) is 5.69 Å². The zero-order valence-corrected chi connectivity index (χ0v) is 11.1. The Morgan fingerprint density at radius 2 is 2.22 bits per heavy atom. The molecule has 1 rings (SSSR count). The highest BCUT2D eigenvalue weighted by molar-refractivity contribution is 7.13. The van der Waals surface area contributed by atoms with Gasteiger partial charge in [-0.05, 0) is 0 Å². The first-order valence-electron chi connectivity index (χ1n) is 5.34. The van der Waals surface area contributed by atoms with Gasteiger partial charge in [0.15, 0.2) is 5.13 Å². The van der Waals surface area contributed by atoms with Gasteiger partial charge in [0, 0.05) is 32.6 Å². The van der Waals surface area contributed by atoms with Crippen LogP contribution in [0.2, 0.25) is 0 Å². The van der Waals surface area contributed by atoms with Gasteiger partial charge in [0.2, 0.25) is 0 Å². The van der Waals surface area contributed by atoms with Crippen molar-refractivity contribution in [2.24, 2.45) is 0 Å². The highest BCUT2D eigenvalue weighted by atomic mass is 32.1. The summed E-state index contributed by atoms with van der Waals surface area (Å²) < 4.78 is 41.4. The van der Waals surface area contributed by atoms with E-state index in [9.17, 15) is 13.2 Å². The van der Waals surface area contributed by atoms with Crippen molar-refractivity contribution in [2.45, 2.75) is 12.7 Å². The van der Waals surface area contributed by atoms with Crippen molar-refractivity contribution < 1.29 is 17.9 Å². The zero-order valence-electron chi connectivity index (χ0n) is 10.3. The number of anilines is 1. The third-order valence-electron chi connectivity index (χ3n) is 2.07. The predicted octanol–water partition coefficient (Wildman–Crippen LogP) is 1.88. The first kappa shape index (κ1) is 15.2. The Labute approximate surface area is 108 Å². The van der Waals surface area contributed by atoms with Crippen molar-refractivity contribution >= 4 is 16.5 Å². The lowest BCUT2D eigenvalue weighted by Crippen LogP contribution is -2.30. The van der Waals surface area contributed by atoms with Crippen LogP contribution in [0.5, 0.6) is 0 Å². The van der Waals surface area contributed by atoms with Crippen LogP contribution >= 0.6 is 11.3 Å². The molecule has 1 N–H and O–H groups in total. The molecule has 0 radical (unpaired) electrons. The fourth-order valence-corrected chi connectivity index (χ4v) is 2.07. The number of halogens is 3. The Morgan fingerprint density at radius 3 is 2.83 bits per heavy atom. The molecule has 0 unspecified atom stereocenters. The first-order valence-corrected chi connectivity index (χ1v) is 6.22. The van der Waals surface area contributed by atoms with Crippen molar-refractivity contribution in [2.75, 3.05) is 38.8 Å². The summed E-state index contributed by atoms with van der Waals surface area (Å²) >= 11 is 1.21. The van der Waals surface area contributed by atoms with Crippen LogP contribution in [0.4, 0.5) is 18.3 Å². The monoisotopic (exact) mass is 283 g/mol. The quantitative estimate of drug-likeness (QED) is 0.775. The summed E-state index contributed by atoms with van der Waals surface area (Å²) in [6.45, 7) is 0.809. The van der Waals surface area contributed by atoms with E-state index in [1.54, 1.807) is 12.5 Å². The lowest BCUT2D eigenvalue weighted by molar-refractivity contribution is -0.119. The summed E-state index contributed by atoms with van der Waals surface area (Å²) in [4.78, 5) is 5.23. The number of nitrogens with one attached hydrogen (secondary N) is 1. The molecule has 1 aromatic heterocycles. The van der Waals surface area contributed by atoms with Crippen molar-refractivity contribution in [3.05, 3.63) is 11.1 Å². The summed E-state index contributed by atoms with van der Waals surface area (Å²) in [5.41, 5.74) is 0.736. The topological polar surface area (TPSA) is 37.4 Å². The molecular formula is C10H16F3N3OS. The highest BCUT2D eigenvalue weighted by Gasteiger charge is 2.30. The molecule has 0 aromatic carbocycles. The number of thiazole rings is 1. The van der Waals surface area contributed by atoms with Crippen molar-refractivity contribution in [1.29, 1.82) is 0 Å². The first-order chi connectivity index (χ1) is 8.42. The van der Waals surface area contributed by atoms with Gasteiger partial charge in [-0.1, -0.05) is 0 Å². The van der Waals surface area contributed by atoms with Crippen LogP contribution in [0, 0.1) is 0 Å². The number of hydrogen-bond acceptors (Lipinski definition) is 5. The number of methoxy groups -OCH3 is 1. The smallest absolute Gasteiger partial charge is 0.383 e. The fraction of sp³-hybridized carbons (Fsp3) is 0.700. The molecule has 0 fully saturated rings. The molecule has 0 aliphatic carbocycles. The summed E-state index contributed by atoms with van der Waals surface area (Å²) in [7, 11) is 2.99. The van der Waals surface area contributed by atoms with E-state index in [-0.39, 0.29) is 0 Å². The van der Waals surface area contributed by atoms with Gasteiger partial charge < -0.3 is 15.0 Å². The van der Waals surface area contributed by atoms with Gasteiger partial charge in [-0.15, -0.1) is 11.3 Å². The van der Waals surface area contributed by atoms with Gasteiger partial charge in [0.1, 0.15) is 6.54 Å². The molecule has 0 saturated heterocycles. The summed E-state index contributed by atoms with van der Waals surface area (Å²) in [5, 5.41) is 5.20. The van der Waals surface area contributed by atoms with Crippen LogP contribution in [0.3, 0.4) is 0 Å². The minimum absolute atomic E-state index is 0.371. The van der Waals surface area contributed by atoms with E-state index < -0.39 is 12.7 Å². The third-order valence-corrected chi connectivity index (χ3v) is 3.08. The molecule has 1 aromatic rings. The molecule has 1 heterocycles. The van der Waals surface area contributed by atoms with E-state index in [1.165, 1.54) is 18.4 Å². The van der Waals surface area contributed by atoms with Gasteiger partial charge >= 0.3 is 6.18 Å². The molecule has 104 valence electrons. The summed E-state index contributed by atoms with van der Waals surface area (Å²) in [6.07, 6.45) is -4.21. The van der Waals surface area contributed by atoms with E-state index in [2.05, 4.69) is 10.3 Å². The minimum Gasteiger partial charge on any atom is -0.383 e. The number of aromatic nitrogens is 1. The summed E-state index contributed by atoms with van der Waals surface area (Å²) in [5.74, 6) is 0. The second kappa shape index (κ2) is 6.91. The number of nitrogens with zero attached hydrogens (tertiary/aromatic N) is 2.